The zero-order valence-corrected chi connectivity index (χ0v) is 17.1. The summed E-state index contributed by atoms with van der Waals surface area (Å²) in [5.41, 5.74) is 0.821. The van der Waals surface area contributed by atoms with Crippen molar-refractivity contribution in [1.29, 1.82) is 0 Å². The van der Waals surface area contributed by atoms with E-state index >= 15 is 0 Å². The van der Waals surface area contributed by atoms with Crippen molar-refractivity contribution in [2.24, 2.45) is 0 Å². The second-order valence-electron chi connectivity index (χ2n) is 7.80. The van der Waals surface area contributed by atoms with Crippen LogP contribution in [0.2, 0.25) is 0 Å². The molecule has 0 bridgehead atoms. The number of hydrogen-bond donors (Lipinski definition) is 0. The minimum absolute atomic E-state index is 0.146. The first-order valence-electron chi connectivity index (χ1n) is 10.3. The molecule has 0 saturated carbocycles. The average Bonchev–Trinajstić information content (AvgIpc) is 3.57. The van der Waals surface area contributed by atoms with Gasteiger partial charge in [-0.1, -0.05) is 11.2 Å². The number of nitrogens with zero attached hydrogens (tertiary/aromatic N) is 5. The van der Waals surface area contributed by atoms with E-state index in [0.29, 0.717) is 23.6 Å². The Labute approximate surface area is 180 Å². The molecule has 0 radical (unpaired) electrons. The molecular formula is C22H18FN5O4. The van der Waals surface area contributed by atoms with Crippen LogP contribution < -0.4 is 5.56 Å². The molecule has 4 aromatic heterocycles. The van der Waals surface area contributed by atoms with Crippen LogP contribution in [0.15, 0.2) is 50.4 Å². The molecule has 1 aliphatic rings. The Morgan fingerprint density at radius 3 is 2.91 bits per heavy atom. The van der Waals surface area contributed by atoms with Gasteiger partial charge >= 0.3 is 0 Å². The lowest BCUT2D eigenvalue weighted by atomic mass is 10.2. The number of rotatable bonds is 4. The van der Waals surface area contributed by atoms with E-state index < -0.39 is 11.4 Å². The Bertz CT molecular complexity index is 1520. The Morgan fingerprint density at radius 1 is 1.22 bits per heavy atom. The molecule has 0 spiro atoms. The van der Waals surface area contributed by atoms with Gasteiger partial charge < -0.3 is 13.7 Å². The van der Waals surface area contributed by atoms with E-state index in [1.54, 1.807) is 28.7 Å². The largest absolute Gasteiger partial charge is 0.456 e. The Balaban J connectivity index is 1.57. The van der Waals surface area contributed by atoms with Gasteiger partial charge in [0.15, 0.2) is 5.76 Å². The van der Waals surface area contributed by atoms with Crippen LogP contribution in [0.5, 0.6) is 0 Å². The van der Waals surface area contributed by atoms with Gasteiger partial charge in [0.2, 0.25) is 5.82 Å². The Kier molecular flexibility index (Phi) is 4.22. The molecule has 0 amide bonds. The van der Waals surface area contributed by atoms with Crippen LogP contribution in [0.1, 0.15) is 18.6 Å². The number of fused-ring (bicyclic) bond motifs is 3. The van der Waals surface area contributed by atoms with Crippen molar-refractivity contribution in [3.8, 4) is 23.2 Å². The molecule has 32 heavy (non-hydrogen) atoms. The Morgan fingerprint density at radius 2 is 2.12 bits per heavy atom. The van der Waals surface area contributed by atoms with E-state index in [1.807, 2.05) is 6.92 Å². The van der Waals surface area contributed by atoms with Crippen molar-refractivity contribution in [2.45, 2.75) is 32.4 Å². The molecule has 10 heteroatoms. The number of halogens is 1. The van der Waals surface area contributed by atoms with Crippen LogP contribution in [0, 0.1) is 12.7 Å². The third kappa shape index (κ3) is 2.87. The third-order valence-corrected chi connectivity index (χ3v) is 5.71. The molecule has 9 nitrogen and oxygen atoms in total. The minimum atomic E-state index is -0.482. The van der Waals surface area contributed by atoms with Gasteiger partial charge in [0, 0.05) is 6.61 Å². The maximum absolute atomic E-state index is 14.9. The van der Waals surface area contributed by atoms with Gasteiger partial charge in [0.1, 0.15) is 34.6 Å². The maximum atomic E-state index is 14.9. The number of benzene rings is 1. The quantitative estimate of drug-likeness (QED) is 0.425. The van der Waals surface area contributed by atoms with Gasteiger partial charge in [-0.05, 0) is 44.0 Å². The number of aryl methyl sites for hydroxylation is 1. The first-order valence-corrected chi connectivity index (χ1v) is 10.3. The molecule has 5 heterocycles. The number of para-hydroxylation sites is 1. The molecule has 6 rings (SSSR count). The highest BCUT2D eigenvalue weighted by Crippen LogP contribution is 2.27. The van der Waals surface area contributed by atoms with Crippen molar-refractivity contribution in [2.75, 3.05) is 6.61 Å². The van der Waals surface area contributed by atoms with Crippen molar-refractivity contribution in [3.05, 3.63) is 58.6 Å². The van der Waals surface area contributed by atoms with E-state index in [2.05, 4.69) is 15.1 Å². The maximum Gasteiger partial charge on any atom is 0.293 e. The van der Waals surface area contributed by atoms with Gasteiger partial charge in [0.25, 0.3) is 11.4 Å². The molecule has 0 aliphatic carbocycles. The molecule has 1 unspecified atom stereocenters. The molecule has 0 N–H and O–H groups in total. The van der Waals surface area contributed by atoms with Crippen molar-refractivity contribution in [1.82, 2.24) is 24.1 Å². The van der Waals surface area contributed by atoms with E-state index in [0.717, 1.165) is 12.8 Å². The van der Waals surface area contributed by atoms with Crippen LogP contribution in [0.25, 0.3) is 39.7 Å². The van der Waals surface area contributed by atoms with Crippen LogP contribution in [0.3, 0.4) is 0 Å². The van der Waals surface area contributed by atoms with Crippen LogP contribution in [0.4, 0.5) is 4.39 Å². The lowest BCUT2D eigenvalue weighted by molar-refractivity contribution is 0.0972. The predicted molar refractivity (Wildman–Crippen MR) is 112 cm³/mol. The fourth-order valence-electron chi connectivity index (χ4n) is 4.23. The normalized spacial score (nSPS) is 16.5. The molecule has 5 aromatic rings. The third-order valence-electron chi connectivity index (χ3n) is 5.71. The summed E-state index contributed by atoms with van der Waals surface area (Å²) in [5, 5.41) is 4.00. The number of aromatic nitrogens is 5. The summed E-state index contributed by atoms with van der Waals surface area (Å²) in [7, 11) is 0. The summed E-state index contributed by atoms with van der Waals surface area (Å²) >= 11 is 0. The average molecular weight is 435 g/mol. The van der Waals surface area contributed by atoms with E-state index in [9.17, 15) is 9.18 Å². The Hall–Kier alpha value is -3.79. The minimum Gasteiger partial charge on any atom is -0.456 e. The van der Waals surface area contributed by atoms with Gasteiger partial charge in [-0.25, -0.2) is 9.37 Å². The molecule has 162 valence electrons. The summed E-state index contributed by atoms with van der Waals surface area (Å²) < 4.78 is 34.4. The fraction of sp³-hybridized carbons (Fsp3) is 0.273. The lowest BCUT2D eigenvalue weighted by Crippen LogP contribution is -2.29. The zero-order valence-electron chi connectivity index (χ0n) is 17.1. The SMILES string of the molecule is Cc1ccc(-c2nc(-c3ncn4c3c(=O)n(CC3CCCO3)c3c(F)cccc34)no2)o1. The highest BCUT2D eigenvalue weighted by atomic mass is 19.1. The number of ether oxygens (including phenoxy) is 1. The smallest absolute Gasteiger partial charge is 0.293 e. The monoisotopic (exact) mass is 435 g/mol. The number of imidazole rings is 1. The summed E-state index contributed by atoms with van der Waals surface area (Å²) in [6.07, 6.45) is 3.05. The van der Waals surface area contributed by atoms with Crippen LogP contribution in [-0.4, -0.2) is 36.8 Å². The van der Waals surface area contributed by atoms with E-state index in [-0.39, 0.29) is 41.1 Å². The number of hydrogen-bond acceptors (Lipinski definition) is 7. The van der Waals surface area contributed by atoms with Crippen molar-refractivity contribution >= 4 is 16.6 Å². The molecule has 1 atom stereocenters. The molecule has 1 fully saturated rings. The van der Waals surface area contributed by atoms with Gasteiger partial charge in [0.05, 0.1) is 18.2 Å². The summed E-state index contributed by atoms with van der Waals surface area (Å²) in [6.45, 7) is 2.70. The molecular weight excluding hydrogens is 417 g/mol. The summed E-state index contributed by atoms with van der Waals surface area (Å²) in [4.78, 5) is 22.3. The predicted octanol–water partition coefficient (Wildman–Crippen LogP) is 3.59. The molecule has 1 aromatic carbocycles. The molecule has 1 saturated heterocycles. The standard InChI is InChI=1S/C22H18FN5O4/c1-12-7-8-16(31-12)21-25-20(26-32-21)17-19-22(29)27(10-13-4-3-9-30-13)18-14(23)5-2-6-15(18)28(19)11-24-17/h2,5-8,11,13H,3-4,9-10H2,1H3. The van der Waals surface area contributed by atoms with Crippen LogP contribution in [-0.2, 0) is 11.3 Å². The lowest BCUT2D eigenvalue weighted by Gasteiger charge is -2.16. The zero-order chi connectivity index (χ0) is 21.8. The fourth-order valence-corrected chi connectivity index (χ4v) is 4.23. The van der Waals surface area contributed by atoms with Gasteiger partial charge in [-0.15, -0.1) is 0 Å². The van der Waals surface area contributed by atoms with Crippen molar-refractivity contribution < 1.29 is 18.1 Å². The highest BCUT2D eigenvalue weighted by Gasteiger charge is 2.25. The van der Waals surface area contributed by atoms with Crippen LogP contribution >= 0.6 is 0 Å². The molecule has 1 aliphatic heterocycles. The van der Waals surface area contributed by atoms with Gasteiger partial charge in [-0.2, -0.15) is 4.98 Å². The van der Waals surface area contributed by atoms with Crippen molar-refractivity contribution in [3.63, 3.8) is 0 Å². The number of furan rings is 1. The first kappa shape index (κ1) is 18.9. The summed E-state index contributed by atoms with van der Waals surface area (Å²) in [6, 6.07) is 8.20. The first-order chi connectivity index (χ1) is 15.6. The van der Waals surface area contributed by atoms with E-state index in [1.165, 1.54) is 17.0 Å². The van der Waals surface area contributed by atoms with E-state index in [4.69, 9.17) is 13.7 Å². The topological polar surface area (TPSA) is 101 Å². The second kappa shape index (κ2) is 7.13. The summed E-state index contributed by atoms with van der Waals surface area (Å²) in [5.74, 6) is 0.976. The second-order valence-corrected chi connectivity index (χ2v) is 7.80. The van der Waals surface area contributed by atoms with Gasteiger partial charge in [-0.3, -0.25) is 13.8 Å². The highest BCUT2D eigenvalue weighted by molar-refractivity contribution is 5.84.